The van der Waals surface area contributed by atoms with Gasteiger partial charge in [-0.1, -0.05) is 5.16 Å². The second-order valence-corrected chi connectivity index (χ2v) is 4.80. The number of hydrogen-bond donors (Lipinski definition) is 2. The average Bonchev–Trinajstić information content (AvgIpc) is 3.06. The monoisotopic (exact) mass is 269 g/mol. The minimum Gasteiger partial charge on any atom is -0.360 e. The molecule has 102 valence electrons. The number of nitrogens with one attached hydrogen (secondary N) is 2. The number of aryl methyl sites for hydroxylation is 2. The number of carbonyl (C=O) groups excluding carboxylic acids is 1. The smallest absolute Gasteiger partial charge is 0.251 e. The van der Waals surface area contributed by atoms with Gasteiger partial charge in [-0.25, -0.2) is 0 Å². The van der Waals surface area contributed by atoms with E-state index in [4.69, 9.17) is 4.52 Å². The first kappa shape index (κ1) is 12.5. The Bertz CT molecular complexity index is 757. The molecule has 1 aromatic carbocycles. The number of benzene rings is 1. The zero-order valence-corrected chi connectivity index (χ0v) is 11.4. The molecule has 1 amide bonds. The Morgan fingerprint density at radius 1 is 1.35 bits per heavy atom. The molecule has 2 aromatic heterocycles. The summed E-state index contributed by atoms with van der Waals surface area (Å²) in [4.78, 5) is 15.4. The van der Waals surface area contributed by atoms with Gasteiger partial charge in [-0.15, -0.1) is 0 Å². The van der Waals surface area contributed by atoms with Crippen molar-refractivity contribution < 1.29 is 9.32 Å². The quantitative estimate of drug-likeness (QED) is 0.768. The zero-order valence-electron chi connectivity index (χ0n) is 11.4. The highest BCUT2D eigenvalue weighted by molar-refractivity contribution is 5.98. The fourth-order valence-electron chi connectivity index (χ4n) is 2.21. The predicted molar refractivity (Wildman–Crippen MR) is 75.4 cm³/mol. The molecular formula is C15H15N3O2. The van der Waals surface area contributed by atoms with E-state index in [9.17, 15) is 4.79 Å². The number of fused-ring (bicyclic) bond motifs is 1. The molecule has 0 unspecified atom stereocenters. The van der Waals surface area contributed by atoms with Crippen molar-refractivity contribution >= 4 is 16.8 Å². The number of amides is 1. The summed E-state index contributed by atoms with van der Waals surface area (Å²) in [5.41, 5.74) is 3.98. The van der Waals surface area contributed by atoms with Gasteiger partial charge in [0.15, 0.2) is 5.76 Å². The van der Waals surface area contributed by atoms with Gasteiger partial charge in [-0.3, -0.25) is 4.79 Å². The summed E-state index contributed by atoms with van der Waals surface area (Å²) in [6.45, 7) is 4.41. The number of nitrogens with zero attached hydrogens (tertiary/aromatic N) is 1. The van der Waals surface area contributed by atoms with E-state index in [0.29, 0.717) is 17.9 Å². The lowest BCUT2D eigenvalue weighted by atomic mass is 10.1. The van der Waals surface area contributed by atoms with Crippen molar-refractivity contribution in [2.75, 3.05) is 0 Å². The van der Waals surface area contributed by atoms with Gasteiger partial charge >= 0.3 is 0 Å². The zero-order chi connectivity index (χ0) is 14.1. The summed E-state index contributed by atoms with van der Waals surface area (Å²) in [5, 5.41) is 7.49. The van der Waals surface area contributed by atoms with Crippen LogP contribution in [0.3, 0.4) is 0 Å². The molecule has 0 aliphatic rings. The molecule has 0 radical (unpaired) electrons. The molecule has 5 nitrogen and oxygen atoms in total. The molecule has 0 spiro atoms. The first-order valence-corrected chi connectivity index (χ1v) is 6.42. The maximum atomic E-state index is 12.1. The van der Waals surface area contributed by atoms with E-state index < -0.39 is 0 Å². The van der Waals surface area contributed by atoms with Crippen molar-refractivity contribution in [2.24, 2.45) is 0 Å². The van der Waals surface area contributed by atoms with E-state index >= 15 is 0 Å². The van der Waals surface area contributed by atoms with E-state index in [1.807, 2.05) is 32.0 Å². The Hall–Kier alpha value is -2.56. The summed E-state index contributed by atoms with van der Waals surface area (Å²) in [5.74, 6) is 0.509. The topological polar surface area (TPSA) is 70.9 Å². The van der Waals surface area contributed by atoms with Crippen LogP contribution in [0.5, 0.6) is 0 Å². The molecule has 0 fully saturated rings. The van der Waals surface area contributed by atoms with Crippen molar-refractivity contribution in [3.63, 3.8) is 0 Å². The van der Waals surface area contributed by atoms with Gasteiger partial charge < -0.3 is 14.8 Å². The summed E-state index contributed by atoms with van der Waals surface area (Å²) in [7, 11) is 0. The van der Waals surface area contributed by atoms with Crippen molar-refractivity contribution in [3.8, 4) is 0 Å². The van der Waals surface area contributed by atoms with E-state index in [1.165, 1.54) is 5.56 Å². The van der Waals surface area contributed by atoms with Gasteiger partial charge in [0.2, 0.25) is 0 Å². The standard InChI is InChI=1S/C15H15N3O2/c1-9-10(2)18-14-4-3-11(7-13(9)14)15(19)16-8-12-5-6-17-20-12/h3-7,18H,8H2,1-2H3,(H,16,19). The number of hydrogen-bond acceptors (Lipinski definition) is 3. The molecule has 5 heteroatoms. The minimum atomic E-state index is -0.124. The third-order valence-electron chi connectivity index (χ3n) is 3.48. The van der Waals surface area contributed by atoms with Gasteiger partial charge in [0.25, 0.3) is 5.91 Å². The molecule has 0 aliphatic carbocycles. The van der Waals surface area contributed by atoms with Gasteiger partial charge in [0.05, 0.1) is 12.7 Å². The van der Waals surface area contributed by atoms with Gasteiger partial charge in [0.1, 0.15) is 0 Å². The van der Waals surface area contributed by atoms with E-state index in [0.717, 1.165) is 16.6 Å². The molecular weight excluding hydrogens is 254 g/mol. The first-order chi connectivity index (χ1) is 9.65. The van der Waals surface area contributed by atoms with Crippen LogP contribution in [0.15, 0.2) is 35.0 Å². The number of carbonyl (C=O) groups is 1. The van der Waals surface area contributed by atoms with Crippen LogP contribution in [0.25, 0.3) is 10.9 Å². The molecule has 3 aromatic rings. The molecule has 0 atom stereocenters. The summed E-state index contributed by atoms with van der Waals surface area (Å²) in [6.07, 6.45) is 1.56. The third-order valence-corrected chi connectivity index (χ3v) is 3.48. The normalized spacial score (nSPS) is 10.9. The second kappa shape index (κ2) is 4.85. The van der Waals surface area contributed by atoms with Crippen LogP contribution in [0.1, 0.15) is 27.4 Å². The van der Waals surface area contributed by atoms with Gasteiger partial charge in [0, 0.05) is 28.2 Å². The second-order valence-electron chi connectivity index (χ2n) is 4.80. The lowest BCUT2D eigenvalue weighted by Crippen LogP contribution is -2.22. The third kappa shape index (κ3) is 2.18. The Balaban J connectivity index is 1.82. The van der Waals surface area contributed by atoms with Crippen LogP contribution in [0, 0.1) is 13.8 Å². The number of H-pyrrole nitrogens is 1. The van der Waals surface area contributed by atoms with Crippen LogP contribution in [0.4, 0.5) is 0 Å². The highest BCUT2D eigenvalue weighted by Crippen LogP contribution is 2.22. The van der Waals surface area contributed by atoms with Gasteiger partial charge in [-0.2, -0.15) is 0 Å². The molecule has 20 heavy (non-hydrogen) atoms. The molecule has 0 aliphatic heterocycles. The van der Waals surface area contributed by atoms with Crippen LogP contribution in [-0.2, 0) is 6.54 Å². The Morgan fingerprint density at radius 2 is 2.20 bits per heavy atom. The Kier molecular flexibility index (Phi) is 3.02. The molecule has 3 rings (SSSR count). The summed E-state index contributed by atoms with van der Waals surface area (Å²) >= 11 is 0. The maximum Gasteiger partial charge on any atom is 0.251 e. The molecule has 0 saturated carbocycles. The highest BCUT2D eigenvalue weighted by atomic mass is 16.5. The minimum absolute atomic E-state index is 0.124. The van der Waals surface area contributed by atoms with Crippen molar-refractivity contribution in [1.29, 1.82) is 0 Å². The SMILES string of the molecule is Cc1[nH]c2ccc(C(=O)NCc3ccno3)cc2c1C. The fraction of sp³-hybridized carbons (Fsp3) is 0.200. The predicted octanol–water partition coefficient (Wildman–Crippen LogP) is 2.70. The average molecular weight is 269 g/mol. The highest BCUT2D eigenvalue weighted by Gasteiger charge is 2.10. The first-order valence-electron chi connectivity index (χ1n) is 6.42. The van der Waals surface area contributed by atoms with E-state index in [1.54, 1.807) is 12.3 Å². The maximum absolute atomic E-state index is 12.1. The van der Waals surface area contributed by atoms with Crippen LogP contribution < -0.4 is 5.32 Å². The summed E-state index contributed by atoms with van der Waals surface area (Å²) in [6, 6.07) is 7.37. The lowest BCUT2D eigenvalue weighted by molar-refractivity contribution is 0.0947. The van der Waals surface area contributed by atoms with Gasteiger partial charge in [-0.05, 0) is 37.6 Å². The van der Waals surface area contributed by atoms with Crippen LogP contribution in [-0.4, -0.2) is 16.0 Å². The van der Waals surface area contributed by atoms with Crippen molar-refractivity contribution in [2.45, 2.75) is 20.4 Å². The number of aromatic nitrogens is 2. The lowest BCUT2D eigenvalue weighted by Gasteiger charge is -2.03. The molecule has 2 heterocycles. The molecule has 2 N–H and O–H groups in total. The van der Waals surface area contributed by atoms with Crippen molar-refractivity contribution in [1.82, 2.24) is 15.5 Å². The molecule has 0 saturated heterocycles. The van der Waals surface area contributed by atoms with Crippen LogP contribution in [0.2, 0.25) is 0 Å². The van der Waals surface area contributed by atoms with E-state index in [-0.39, 0.29) is 5.91 Å². The largest absolute Gasteiger partial charge is 0.360 e. The number of aromatic amines is 1. The Morgan fingerprint density at radius 3 is 2.95 bits per heavy atom. The fourth-order valence-corrected chi connectivity index (χ4v) is 2.21. The van der Waals surface area contributed by atoms with E-state index in [2.05, 4.69) is 15.5 Å². The van der Waals surface area contributed by atoms with Crippen LogP contribution >= 0.6 is 0 Å². The Labute approximate surface area is 116 Å². The summed E-state index contributed by atoms with van der Waals surface area (Å²) < 4.78 is 4.94. The van der Waals surface area contributed by atoms with Crippen molar-refractivity contribution in [3.05, 3.63) is 53.0 Å². The molecule has 0 bridgehead atoms. The number of rotatable bonds is 3.